The predicted molar refractivity (Wildman–Crippen MR) is 57.0 cm³/mol. The van der Waals surface area contributed by atoms with E-state index in [4.69, 9.17) is 12.2 Å². The van der Waals surface area contributed by atoms with Gasteiger partial charge in [-0.15, -0.1) is 23.7 Å². The number of hydrogen-bond donors (Lipinski definition) is 1. The lowest BCUT2D eigenvalue weighted by atomic mass is 10.1. The second-order valence-corrected chi connectivity index (χ2v) is 3.75. The Labute approximate surface area is 87.3 Å². The summed E-state index contributed by atoms with van der Waals surface area (Å²) in [5, 5.41) is 2.55. The lowest BCUT2D eigenvalue weighted by Crippen LogP contribution is -2.01. The van der Waals surface area contributed by atoms with Crippen LogP contribution in [0.4, 0.5) is 0 Å². The maximum Gasteiger partial charge on any atom is 0.182 e. The highest BCUT2D eigenvalue weighted by atomic mass is 32.1. The molecule has 0 saturated heterocycles. The Balaban J connectivity index is 2.48. The number of ketones is 1. The number of terminal acetylenes is 1. The Hall–Kier alpha value is -1.18. The van der Waals surface area contributed by atoms with Crippen molar-refractivity contribution in [3.63, 3.8) is 0 Å². The lowest BCUT2D eigenvalue weighted by molar-refractivity contribution is 0.0976. The molecule has 0 bridgehead atoms. The van der Waals surface area contributed by atoms with Crippen LogP contribution in [0.5, 0.6) is 0 Å². The lowest BCUT2D eigenvalue weighted by Gasteiger charge is -1.93. The smallest absolute Gasteiger partial charge is 0.182 e. The first kappa shape index (κ1) is 10.9. The van der Waals surface area contributed by atoms with Crippen molar-refractivity contribution in [2.75, 3.05) is 0 Å². The van der Waals surface area contributed by atoms with Crippen molar-refractivity contribution in [1.82, 2.24) is 4.98 Å². The van der Waals surface area contributed by atoms with Gasteiger partial charge in [-0.05, 0) is 6.42 Å². The van der Waals surface area contributed by atoms with Gasteiger partial charge in [0.25, 0.3) is 0 Å². The molecule has 1 aromatic rings. The van der Waals surface area contributed by atoms with Crippen molar-refractivity contribution in [2.45, 2.75) is 25.8 Å². The molecule has 0 saturated carbocycles. The summed E-state index contributed by atoms with van der Waals surface area (Å²) in [6.07, 6.45) is 6.92. The molecule has 0 amide bonds. The van der Waals surface area contributed by atoms with E-state index in [1.165, 1.54) is 11.3 Å². The van der Waals surface area contributed by atoms with Gasteiger partial charge in [-0.1, -0.05) is 0 Å². The Bertz CT molecular complexity index is 351. The third-order valence-corrected chi connectivity index (χ3v) is 2.61. The van der Waals surface area contributed by atoms with Crippen LogP contribution in [0.15, 0.2) is 5.38 Å². The van der Waals surface area contributed by atoms with Crippen LogP contribution in [0.1, 0.15) is 34.8 Å². The average molecular weight is 208 g/mol. The number of thiazole rings is 1. The van der Waals surface area contributed by atoms with E-state index in [1.54, 1.807) is 5.38 Å². The molecule has 14 heavy (non-hydrogen) atoms. The molecule has 74 valence electrons. The average Bonchev–Trinajstić information content (AvgIpc) is 2.66. The van der Waals surface area contributed by atoms with E-state index in [0.717, 1.165) is 11.4 Å². The van der Waals surface area contributed by atoms with E-state index in [1.807, 2.05) is 0 Å². The summed E-state index contributed by atoms with van der Waals surface area (Å²) in [5.74, 6) is 2.55. The number of carbonyl (C=O) groups is 1. The highest BCUT2D eigenvalue weighted by Crippen LogP contribution is 2.11. The normalized spacial score (nSPS) is 9.71. The number of carbonyl (C=O) groups excluding carboxylic acids is 1. The molecular formula is C10H12N2OS. The first-order chi connectivity index (χ1) is 6.77. The maximum absolute atomic E-state index is 11.5. The van der Waals surface area contributed by atoms with Crippen LogP contribution < -0.4 is 5.73 Å². The molecule has 2 N–H and O–H groups in total. The van der Waals surface area contributed by atoms with E-state index in [2.05, 4.69) is 10.9 Å². The number of aromatic nitrogens is 1. The fourth-order valence-corrected chi connectivity index (χ4v) is 1.69. The van der Waals surface area contributed by atoms with Gasteiger partial charge in [0.2, 0.25) is 0 Å². The SMILES string of the molecule is C#CCCCC(=O)c1csc(CN)n1. The van der Waals surface area contributed by atoms with Gasteiger partial charge in [0.05, 0.1) is 0 Å². The molecule has 0 unspecified atom stereocenters. The Morgan fingerprint density at radius 1 is 1.71 bits per heavy atom. The second kappa shape index (κ2) is 5.53. The van der Waals surface area contributed by atoms with Gasteiger partial charge < -0.3 is 5.73 Å². The van der Waals surface area contributed by atoms with Gasteiger partial charge in [0.15, 0.2) is 5.78 Å². The van der Waals surface area contributed by atoms with Crippen molar-refractivity contribution >= 4 is 17.1 Å². The number of nitrogens with two attached hydrogens (primary N) is 1. The second-order valence-electron chi connectivity index (χ2n) is 2.81. The topological polar surface area (TPSA) is 56.0 Å². The van der Waals surface area contributed by atoms with Crippen LogP contribution in [-0.2, 0) is 6.54 Å². The quantitative estimate of drug-likeness (QED) is 0.454. The van der Waals surface area contributed by atoms with Gasteiger partial charge in [0.1, 0.15) is 10.7 Å². The third-order valence-electron chi connectivity index (χ3n) is 1.74. The highest BCUT2D eigenvalue weighted by molar-refractivity contribution is 7.09. The van der Waals surface area contributed by atoms with Crippen molar-refractivity contribution in [3.8, 4) is 12.3 Å². The summed E-state index contributed by atoms with van der Waals surface area (Å²) in [5.41, 5.74) is 5.92. The molecule has 0 radical (unpaired) electrons. The summed E-state index contributed by atoms with van der Waals surface area (Å²) in [7, 11) is 0. The molecule has 3 nitrogen and oxygen atoms in total. The van der Waals surface area contributed by atoms with Crippen molar-refractivity contribution in [3.05, 3.63) is 16.1 Å². The summed E-state index contributed by atoms with van der Waals surface area (Å²) >= 11 is 1.42. The van der Waals surface area contributed by atoms with Crippen LogP contribution in [0, 0.1) is 12.3 Å². The molecule has 0 aliphatic carbocycles. The highest BCUT2D eigenvalue weighted by Gasteiger charge is 2.09. The van der Waals surface area contributed by atoms with Gasteiger partial charge in [0, 0.05) is 24.8 Å². The van der Waals surface area contributed by atoms with Crippen LogP contribution in [0.25, 0.3) is 0 Å². The minimum atomic E-state index is 0.0520. The van der Waals surface area contributed by atoms with Gasteiger partial charge in [-0.3, -0.25) is 4.79 Å². The van der Waals surface area contributed by atoms with Crippen molar-refractivity contribution in [2.24, 2.45) is 5.73 Å². The molecule has 1 aromatic heterocycles. The third kappa shape index (κ3) is 2.95. The molecule has 1 rings (SSSR count). The molecule has 0 aromatic carbocycles. The number of Topliss-reactive ketones (excluding diaryl/α,β-unsaturated/α-hetero) is 1. The zero-order valence-corrected chi connectivity index (χ0v) is 8.64. The van der Waals surface area contributed by atoms with Crippen LogP contribution in [0.3, 0.4) is 0 Å². The Morgan fingerprint density at radius 3 is 3.07 bits per heavy atom. The summed E-state index contributed by atoms with van der Waals surface area (Å²) in [4.78, 5) is 15.6. The van der Waals surface area contributed by atoms with Gasteiger partial charge >= 0.3 is 0 Å². The number of nitrogens with zero attached hydrogens (tertiary/aromatic N) is 1. The van der Waals surface area contributed by atoms with Crippen LogP contribution in [0.2, 0.25) is 0 Å². The molecule has 0 atom stereocenters. The van der Waals surface area contributed by atoms with Crippen LogP contribution >= 0.6 is 11.3 Å². The molecule has 4 heteroatoms. The zero-order valence-electron chi connectivity index (χ0n) is 7.82. The first-order valence-corrected chi connectivity index (χ1v) is 5.27. The number of rotatable bonds is 5. The first-order valence-electron chi connectivity index (χ1n) is 4.39. The van der Waals surface area contributed by atoms with Crippen molar-refractivity contribution in [1.29, 1.82) is 0 Å². The van der Waals surface area contributed by atoms with Gasteiger partial charge in [-0.2, -0.15) is 0 Å². The van der Waals surface area contributed by atoms with E-state index < -0.39 is 0 Å². The van der Waals surface area contributed by atoms with E-state index >= 15 is 0 Å². The summed E-state index contributed by atoms with van der Waals surface area (Å²) in [6.45, 7) is 0.391. The summed E-state index contributed by atoms with van der Waals surface area (Å²) < 4.78 is 0. The number of unbranched alkanes of at least 4 members (excludes halogenated alkanes) is 1. The minimum Gasteiger partial charge on any atom is -0.325 e. The monoisotopic (exact) mass is 208 g/mol. The largest absolute Gasteiger partial charge is 0.325 e. The molecule has 0 fully saturated rings. The van der Waals surface area contributed by atoms with Gasteiger partial charge in [-0.25, -0.2) is 4.98 Å². The standard InChI is InChI=1S/C10H12N2OS/c1-2-3-4-5-9(13)8-7-14-10(6-11)12-8/h1,7H,3-6,11H2. The Morgan fingerprint density at radius 2 is 2.50 bits per heavy atom. The maximum atomic E-state index is 11.5. The fraction of sp³-hybridized carbons (Fsp3) is 0.400. The van der Waals surface area contributed by atoms with E-state index in [9.17, 15) is 4.79 Å². The van der Waals surface area contributed by atoms with Crippen LogP contribution in [-0.4, -0.2) is 10.8 Å². The minimum absolute atomic E-state index is 0.0520. The molecule has 0 aliphatic rings. The Kier molecular flexibility index (Phi) is 4.30. The molecular weight excluding hydrogens is 196 g/mol. The molecule has 0 spiro atoms. The molecule has 1 heterocycles. The van der Waals surface area contributed by atoms with Crippen molar-refractivity contribution < 1.29 is 4.79 Å². The predicted octanol–water partition coefficient (Wildman–Crippen LogP) is 1.59. The van der Waals surface area contributed by atoms with E-state index in [-0.39, 0.29) is 5.78 Å². The molecule has 0 aliphatic heterocycles. The van der Waals surface area contributed by atoms with E-state index in [0.29, 0.717) is 25.1 Å². The summed E-state index contributed by atoms with van der Waals surface area (Å²) in [6, 6.07) is 0. The number of hydrogen-bond acceptors (Lipinski definition) is 4. The fourth-order valence-electron chi connectivity index (χ4n) is 1.01. The zero-order chi connectivity index (χ0) is 10.4.